The number of alkyl halides is 1. The first-order valence-corrected chi connectivity index (χ1v) is 37.5. The summed E-state index contributed by atoms with van der Waals surface area (Å²) in [5, 5.41) is 0.929. The molecule has 0 bridgehead atoms. The van der Waals surface area contributed by atoms with E-state index < -0.39 is 45.4 Å². The second-order valence-corrected chi connectivity index (χ2v) is 25.8. The molecule has 0 aliphatic carbocycles. The van der Waals surface area contributed by atoms with Gasteiger partial charge in [0.05, 0.1) is 24.7 Å². The molecule has 23 heteroatoms. The molecule has 7 aromatic carbocycles. The van der Waals surface area contributed by atoms with Crippen molar-refractivity contribution in [3.63, 3.8) is 0 Å². The largest absolute Gasteiger partial charge is 0.466 e. The van der Waals surface area contributed by atoms with Crippen molar-refractivity contribution in [2.24, 2.45) is 11.8 Å². The highest BCUT2D eigenvalue weighted by Crippen LogP contribution is 2.24. The zero-order valence-corrected chi connectivity index (χ0v) is 61.1. The molecular formula is C74H86BrF3O15S4. The number of thioether (sulfide) groups is 3. The molecule has 0 N–H and O–H groups in total. The predicted molar refractivity (Wildman–Crippen MR) is 386 cm³/mol. The standard InChI is InChI=1S/C20H21FO5S.C20H21FO3S.C12H14O3S.C9H10OS.C8H8BrF.C5H12O.O2/c1-3-26-20(23)18(12-9-14-7-10-16(21)11-8-14)19(22)15-5-4-6-17(13-15)27(2,24)25;1-3-24-20(23)18(12-9-14-7-10-16(21)11-8-14)19(22)15-5-4-6-17(13-15)25-2;1-3-15-12(14)8-11(13)9-5-4-6-10(7-9)16-2;1-7(10)8-4-3-5-9(6-8)11-2;9-6-5-7-1-3-8(10)4-2-7;1-3-5-6-4-2;1-2/h4-8,10-11,13,18H,3,9,12H2,1-2H3;4-8,10-11,13,18H,3,9,12H2,1-2H3;4-7H,3,8H2,1-2H3;3-6H,1-2H3;1-4H,5-6H2;3-5H2,1-2H3;. The minimum atomic E-state index is -3.48. The molecule has 0 amide bonds. The second kappa shape index (κ2) is 50.8. The van der Waals surface area contributed by atoms with Gasteiger partial charge < -0.3 is 18.9 Å². The van der Waals surface area contributed by atoms with E-state index in [9.17, 15) is 55.2 Å². The van der Waals surface area contributed by atoms with Crippen LogP contribution >= 0.6 is 51.2 Å². The lowest BCUT2D eigenvalue weighted by molar-refractivity contribution is -0.147. The number of ether oxygens (including phenoxy) is 4. The predicted octanol–water partition coefficient (Wildman–Crippen LogP) is 17.2. The Balaban J connectivity index is 0.000000614. The fourth-order valence-electron chi connectivity index (χ4n) is 8.31. The van der Waals surface area contributed by atoms with Crippen molar-refractivity contribution in [3.8, 4) is 0 Å². The summed E-state index contributed by atoms with van der Waals surface area (Å²) < 4.78 is 81.6. The maximum Gasteiger partial charge on any atom is 0.316 e. The average Bonchev–Trinajstić information content (AvgIpc) is 0.843. The topological polar surface area (TPSA) is 225 Å². The van der Waals surface area contributed by atoms with Gasteiger partial charge in [0.1, 0.15) is 35.7 Å². The van der Waals surface area contributed by atoms with Crippen molar-refractivity contribution in [1.82, 2.24) is 0 Å². The fraction of sp³-hybridized carbons (Fsp3) is 0.338. The van der Waals surface area contributed by atoms with E-state index in [2.05, 4.69) is 22.9 Å². The molecule has 0 radical (unpaired) electrons. The highest BCUT2D eigenvalue weighted by atomic mass is 79.9. The number of esters is 3. The number of hydrogen-bond donors (Lipinski definition) is 0. The van der Waals surface area contributed by atoms with Gasteiger partial charge in [-0.15, -0.1) is 35.3 Å². The molecule has 0 fully saturated rings. The van der Waals surface area contributed by atoms with Crippen molar-refractivity contribution in [1.29, 1.82) is 0 Å². The van der Waals surface area contributed by atoms with Crippen molar-refractivity contribution in [2.45, 2.75) is 106 Å². The molecule has 0 saturated carbocycles. The number of aryl methyl sites for hydroxylation is 3. The third-order valence-corrected chi connectivity index (χ3v) is 17.0. The van der Waals surface area contributed by atoms with Crippen molar-refractivity contribution in [3.05, 3.63) is 236 Å². The summed E-state index contributed by atoms with van der Waals surface area (Å²) >= 11 is 8.06. The molecule has 97 heavy (non-hydrogen) atoms. The van der Waals surface area contributed by atoms with Gasteiger partial charge in [0, 0.05) is 71.7 Å². The summed E-state index contributed by atoms with van der Waals surface area (Å²) in [4.78, 5) is 101. The number of carbonyl (C=O) groups excluding carboxylic acids is 7. The van der Waals surface area contributed by atoms with Crippen molar-refractivity contribution < 1.29 is 74.1 Å². The normalized spacial score (nSPS) is 10.8. The Morgan fingerprint density at radius 1 is 0.474 bits per heavy atom. The van der Waals surface area contributed by atoms with Gasteiger partial charge in [0.25, 0.3) is 0 Å². The van der Waals surface area contributed by atoms with Crippen LogP contribution in [0.4, 0.5) is 13.2 Å². The van der Waals surface area contributed by atoms with Crippen LogP contribution in [0.25, 0.3) is 0 Å². The molecule has 0 aliphatic heterocycles. The van der Waals surface area contributed by atoms with E-state index in [1.807, 2.05) is 68.2 Å². The van der Waals surface area contributed by atoms with Crippen LogP contribution in [-0.2, 0) is 62.4 Å². The fourth-order valence-corrected chi connectivity index (χ4v) is 10.8. The van der Waals surface area contributed by atoms with Crippen LogP contribution in [0, 0.1) is 39.2 Å². The van der Waals surface area contributed by atoms with Crippen LogP contribution in [0.3, 0.4) is 0 Å². The Morgan fingerprint density at radius 3 is 1.19 bits per heavy atom. The van der Waals surface area contributed by atoms with E-state index in [0.29, 0.717) is 37.0 Å². The summed E-state index contributed by atoms with van der Waals surface area (Å²) in [6.45, 7) is 13.2. The average molecular weight is 1480 g/mol. The van der Waals surface area contributed by atoms with Gasteiger partial charge in [-0.1, -0.05) is 108 Å². The molecule has 2 unspecified atom stereocenters. The Bertz CT molecular complexity index is 3610. The van der Waals surface area contributed by atoms with Crippen molar-refractivity contribution >= 4 is 102 Å². The van der Waals surface area contributed by atoms with Gasteiger partial charge in [-0.25, -0.2) is 21.6 Å². The first-order valence-electron chi connectivity index (χ1n) is 30.8. The number of hydrogen-bond acceptors (Lipinski definition) is 18. The van der Waals surface area contributed by atoms with E-state index in [1.165, 1.54) is 78.0 Å². The SMILES string of the molecule is CCCOCC.CCOC(=O)C(CCc1ccc(F)cc1)C(=O)c1cccc(S(C)(=O)=O)c1.CCOC(=O)C(CCc1ccc(F)cc1)C(=O)c1cccc(SC)c1.CCOC(=O)CC(=O)c1cccc(SC)c1.CSc1cccc(C(C)=O)c1.Fc1ccc(CCBr)cc1.O=O. The van der Waals surface area contributed by atoms with Crippen LogP contribution in [0.5, 0.6) is 0 Å². The summed E-state index contributed by atoms with van der Waals surface area (Å²) in [6.07, 6.45) is 10.2. The van der Waals surface area contributed by atoms with E-state index in [1.54, 1.807) is 118 Å². The molecule has 15 nitrogen and oxygen atoms in total. The molecule has 7 rings (SSSR count). The van der Waals surface area contributed by atoms with Gasteiger partial charge >= 0.3 is 17.9 Å². The Hall–Kier alpha value is -7.54. The first kappa shape index (κ1) is 87.5. The summed E-state index contributed by atoms with van der Waals surface area (Å²) in [5.74, 6) is -5.22. The molecule has 0 spiro atoms. The molecule has 0 aromatic heterocycles. The Labute approximate surface area is 589 Å². The zero-order valence-electron chi connectivity index (χ0n) is 56.3. The summed E-state index contributed by atoms with van der Waals surface area (Å²) in [6, 6.07) is 46.1. The van der Waals surface area contributed by atoms with E-state index >= 15 is 0 Å². The monoisotopic (exact) mass is 1480 g/mol. The van der Waals surface area contributed by atoms with Crippen LogP contribution in [0.2, 0.25) is 0 Å². The number of rotatable bonds is 28. The first-order chi connectivity index (χ1) is 46.4. The van der Waals surface area contributed by atoms with Crippen LogP contribution < -0.4 is 0 Å². The third kappa shape index (κ3) is 36.0. The number of benzene rings is 7. The van der Waals surface area contributed by atoms with Gasteiger partial charge in [0.2, 0.25) is 0 Å². The Kier molecular flexibility index (Phi) is 45.8. The number of carbonyl (C=O) groups is 7. The summed E-state index contributed by atoms with van der Waals surface area (Å²) in [7, 11) is -3.48. The second-order valence-electron chi connectivity index (χ2n) is 20.4. The molecule has 0 aliphatic rings. The van der Waals surface area contributed by atoms with Gasteiger partial charge in [0.15, 0.2) is 33.0 Å². The number of ketones is 4. The lowest BCUT2D eigenvalue weighted by Gasteiger charge is -2.15. The van der Waals surface area contributed by atoms with Crippen molar-refractivity contribution in [2.75, 3.05) is 63.4 Å². The quantitative estimate of drug-likeness (QED) is 0.00845. The number of sulfone groups is 1. The van der Waals surface area contributed by atoms with Gasteiger partial charge in [-0.05, 0) is 194 Å². The van der Waals surface area contributed by atoms with E-state index in [0.717, 1.165) is 69.0 Å². The lowest BCUT2D eigenvalue weighted by Crippen LogP contribution is -2.27. The highest BCUT2D eigenvalue weighted by molar-refractivity contribution is 9.09. The molecule has 0 heterocycles. The zero-order chi connectivity index (χ0) is 72.7. The molecular weight excluding hydrogens is 1390 g/mol. The lowest BCUT2D eigenvalue weighted by atomic mass is 9.91. The van der Waals surface area contributed by atoms with E-state index in [-0.39, 0.29) is 71.3 Å². The maximum absolute atomic E-state index is 13.0. The molecule has 524 valence electrons. The molecule has 7 aromatic rings. The maximum atomic E-state index is 13.0. The molecule has 2 atom stereocenters. The third-order valence-electron chi connectivity index (χ3n) is 13.3. The van der Waals surface area contributed by atoms with E-state index in [4.69, 9.17) is 28.9 Å². The molecule has 0 saturated heterocycles. The minimum Gasteiger partial charge on any atom is -0.466 e. The number of halogens is 4. The van der Waals surface area contributed by atoms with Crippen LogP contribution in [0.1, 0.15) is 125 Å². The van der Waals surface area contributed by atoms with Crippen LogP contribution in [-0.4, -0.2) is 113 Å². The number of Topliss-reactive ketones (excluding diaryl/α,β-unsaturated/α-hetero) is 4. The van der Waals surface area contributed by atoms with Gasteiger partial charge in [-0.3, -0.25) is 33.6 Å². The smallest absolute Gasteiger partial charge is 0.316 e. The van der Waals surface area contributed by atoms with Gasteiger partial charge in [-0.2, -0.15) is 0 Å². The Morgan fingerprint density at radius 2 is 0.835 bits per heavy atom. The minimum absolute atomic E-state index is 0.00879. The summed E-state index contributed by atoms with van der Waals surface area (Å²) in [5.41, 5.74) is 4.80. The highest BCUT2D eigenvalue weighted by Gasteiger charge is 2.30. The van der Waals surface area contributed by atoms with Crippen LogP contribution in [0.15, 0.2) is 189 Å².